The Labute approximate surface area is 206 Å². The summed E-state index contributed by atoms with van der Waals surface area (Å²) in [4.78, 5) is 19.2. The lowest BCUT2D eigenvalue weighted by molar-refractivity contribution is -0.132. The van der Waals surface area contributed by atoms with Gasteiger partial charge in [-0.2, -0.15) is 21.6 Å². The fourth-order valence-corrected chi connectivity index (χ4v) is 4.97. The molecule has 1 amide bonds. The Balaban J connectivity index is 1.74. The van der Waals surface area contributed by atoms with E-state index in [4.69, 9.17) is 10.5 Å². The van der Waals surface area contributed by atoms with Crippen LogP contribution in [-0.4, -0.2) is 51.0 Å². The van der Waals surface area contributed by atoms with Crippen molar-refractivity contribution in [2.24, 2.45) is 16.6 Å². The first kappa shape index (κ1) is 25.7. The topological polar surface area (TPSA) is 111 Å². The SMILES string of the molecule is COC1C=CC=C(C2=CC=CC(C3(c4cccc(OS(=O)(=O)C(F)(F)F)c4)N=C(N)N(C)C3=O)C2)C1. The van der Waals surface area contributed by atoms with Gasteiger partial charge in [0.15, 0.2) is 11.5 Å². The number of allylic oxidation sites excluding steroid dienone is 5. The number of amides is 1. The molecule has 0 bridgehead atoms. The summed E-state index contributed by atoms with van der Waals surface area (Å²) in [7, 11) is -2.85. The van der Waals surface area contributed by atoms with Crippen LogP contribution in [0.25, 0.3) is 0 Å². The average Bonchev–Trinajstić information content (AvgIpc) is 3.08. The second kappa shape index (κ2) is 9.25. The summed E-state index contributed by atoms with van der Waals surface area (Å²) in [6.45, 7) is 0. The minimum Gasteiger partial charge on any atom is -0.377 e. The van der Waals surface area contributed by atoms with Crippen LogP contribution < -0.4 is 9.92 Å². The molecule has 192 valence electrons. The van der Waals surface area contributed by atoms with Crippen LogP contribution in [-0.2, 0) is 25.2 Å². The Morgan fingerprint density at radius 2 is 1.81 bits per heavy atom. The number of nitrogens with zero attached hydrogens (tertiary/aromatic N) is 2. The third kappa shape index (κ3) is 4.46. The maximum Gasteiger partial charge on any atom is 0.534 e. The van der Waals surface area contributed by atoms with Gasteiger partial charge in [0.25, 0.3) is 5.91 Å². The number of guanidine groups is 1. The van der Waals surface area contributed by atoms with Gasteiger partial charge in [0, 0.05) is 26.5 Å². The normalized spacial score (nSPS) is 26.5. The molecule has 1 heterocycles. The Morgan fingerprint density at radius 1 is 1.14 bits per heavy atom. The maximum absolute atomic E-state index is 13.6. The van der Waals surface area contributed by atoms with Crippen LogP contribution in [0.2, 0.25) is 0 Å². The van der Waals surface area contributed by atoms with Crippen molar-refractivity contribution in [2.75, 3.05) is 14.2 Å². The first-order valence-corrected chi connectivity index (χ1v) is 12.3. The highest BCUT2D eigenvalue weighted by atomic mass is 32.2. The molecule has 0 saturated heterocycles. The van der Waals surface area contributed by atoms with E-state index < -0.39 is 38.7 Å². The monoisotopic (exact) mass is 523 g/mol. The molecule has 0 radical (unpaired) electrons. The smallest absolute Gasteiger partial charge is 0.377 e. The van der Waals surface area contributed by atoms with Gasteiger partial charge in [-0.15, -0.1) is 0 Å². The number of carbonyl (C=O) groups is 1. The highest BCUT2D eigenvalue weighted by molar-refractivity contribution is 7.88. The van der Waals surface area contributed by atoms with Crippen molar-refractivity contribution in [3.05, 3.63) is 77.4 Å². The number of carbonyl (C=O) groups excluding carboxylic acids is 1. The third-order valence-corrected chi connectivity index (χ3v) is 7.38. The molecular weight excluding hydrogens is 499 g/mol. The molecule has 8 nitrogen and oxygen atoms in total. The highest BCUT2D eigenvalue weighted by Crippen LogP contribution is 2.46. The minimum atomic E-state index is -5.91. The van der Waals surface area contributed by atoms with Crippen LogP contribution in [0.4, 0.5) is 13.2 Å². The summed E-state index contributed by atoms with van der Waals surface area (Å²) in [6, 6.07) is 4.92. The third-order valence-electron chi connectivity index (χ3n) is 6.41. The van der Waals surface area contributed by atoms with Crippen LogP contribution in [0.3, 0.4) is 0 Å². The number of nitrogens with two attached hydrogens (primary N) is 1. The van der Waals surface area contributed by atoms with Crippen LogP contribution in [0, 0.1) is 5.92 Å². The first-order chi connectivity index (χ1) is 16.9. The molecule has 1 aromatic carbocycles. The summed E-state index contributed by atoms with van der Waals surface area (Å²) < 4.78 is 71.5. The molecule has 3 aliphatic rings. The molecule has 2 aliphatic carbocycles. The molecule has 12 heteroatoms. The summed E-state index contributed by atoms with van der Waals surface area (Å²) in [5, 5.41) is 0. The van der Waals surface area contributed by atoms with Gasteiger partial charge in [0.1, 0.15) is 5.75 Å². The number of ether oxygens (including phenoxy) is 1. The summed E-state index contributed by atoms with van der Waals surface area (Å²) in [6.07, 6.45) is 12.2. The van der Waals surface area contributed by atoms with Crippen LogP contribution in [0.1, 0.15) is 18.4 Å². The molecule has 0 fully saturated rings. The van der Waals surface area contributed by atoms with Gasteiger partial charge in [0.05, 0.1) is 6.10 Å². The number of hydrogen-bond acceptors (Lipinski definition) is 7. The van der Waals surface area contributed by atoms with E-state index in [1.807, 2.05) is 24.3 Å². The fraction of sp³-hybridized carbons (Fsp3) is 0.333. The first-order valence-electron chi connectivity index (χ1n) is 10.9. The highest BCUT2D eigenvalue weighted by Gasteiger charge is 2.54. The summed E-state index contributed by atoms with van der Waals surface area (Å²) in [5.41, 5.74) is 0.859. The molecule has 36 heavy (non-hydrogen) atoms. The van der Waals surface area contributed by atoms with Crippen LogP contribution >= 0.6 is 0 Å². The van der Waals surface area contributed by atoms with Crippen molar-refractivity contribution in [1.82, 2.24) is 4.90 Å². The fourth-order valence-electron chi connectivity index (χ4n) is 4.52. The van der Waals surface area contributed by atoms with Crippen LogP contribution in [0.5, 0.6) is 5.75 Å². The zero-order chi connectivity index (χ0) is 26.3. The van der Waals surface area contributed by atoms with E-state index in [0.29, 0.717) is 12.8 Å². The van der Waals surface area contributed by atoms with Crippen molar-refractivity contribution in [1.29, 1.82) is 0 Å². The Hall–Kier alpha value is -3.38. The van der Waals surface area contributed by atoms with Crippen molar-refractivity contribution >= 4 is 22.0 Å². The van der Waals surface area contributed by atoms with E-state index in [2.05, 4.69) is 9.18 Å². The number of benzene rings is 1. The lowest BCUT2D eigenvalue weighted by atomic mass is 9.72. The Kier molecular flexibility index (Phi) is 6.60. The van der Waals surface area contributed by atoms with E-state index in [-0.39, 0.29) is 17.6 Å². The average molecular weight is 524 g/mol. The molecule has 4 rings (SSSR count). The number of hydrogen-bond donors (Lipinski definition) is 1. The maximum atomic E-state index is 13.6. The van der Waals surface area contributed by atoms with Gasteiger partial charge in [-0.1, -0.05) is 48.6 Å². The summed E-state index contributed by atoms with van der Waals surface area (Å²) in [5.74, 6) is -1.74. The molecule has 1 aromatic rings. The molecule has 3 unspecified atom stereocenters. The number of alkyl halides is 3. The second-order valence-electron chi connectivity index (χ2n) is 8.55. The molecular formula is C24H24F3N3O5S. The van der Waals surface area contributed by atoms with Gasteiger partial charge in [0.2, 0.25) is 0 Å². The second-order valence-corrected chi connectivity index (χ2v) is 10.1. The van der Waals surface area contributed by atoms with E-state index in [1.54, 1.807) is 19.3 Å². The lowest BCUT2D eigenvalue weighted by Gasteiger charge is -2.35. The van der Waals surface area contributed by atoms with E-state index in [9.17, 15) is 26.4 Å². The van der Waals surface area contributed by atoms with Crippen molar-refractivity contribution in [3.8, 4) is 5.75 Å². The molecule has 2 N–H and O–H groups in total. The van der Waals surface area contributed by atoms with Gasteiger partial charge in [-0.05, 0) is 35.3 Å². The zero-order valence-corrected chi connectivity index (χ0v) is 20.2. The summed E-state index contributed by atoms with van der Waals surface area (Å²) >= 11 is 0. The largest absolute Gasteiger partial charge is 0.534 e. The van der Waals surface area contributed by atoms with Gasteiger partial charge < -0.3 is 14.7 Å². The number of aliphatic imine (C=N–C) groups is 1. The molecule has 0 spiro atoms. The van der Waals surface area contributed by atoms with Gasteiger partial charge >= 0.3 is 15.6 Å². The van der Waals surface area contributed by atoms with E-state index in [0.717, 1.165) is 28.2 Å². The predicted octanol–water partition coefficient (Wildman–Crippen LogP) is 3.30. The quantitative estimate of drug-likeness (QED) is 0.453. The number of rotatable bonds is 6. The molecule has 1 aliphatic heterocycles. The van der Waals surface area contributed by atoms with Crippen LogP contribution in [0.15, 0.2) is 76.9 Å². The van der Waals surface area contributed by atoms with E-state index in [1.165, 1.54) is 19.2 Å². The predicted molar refractivity (Wildman–Crippen MR) is 126 cm³/mol. The lowest BCUT2D eigenvalue weighted by Crippen LogP contribution is -2.45. The van der Waals surface area contributed by atoms with Crippen molar-refractivity contribution < 1.29 is 35.3 Å². The van der Waals surface area contributed by atoms with Crippen molar-refractivity contribution in [3.63, 3.8) is 0 Å². The minimum absolute atomic E-state index is 0.0713. The number of likely N-dealkylation sites (N-methyl/N-ethyl adjacent to an activating group) is 1. The van der Waals surface area contributed by atoms with E-state index >= 15 is 0 Å². The Bertz CT molecular complexity index is 1330. The van der Waals surface area contributed by atoms with Crippen molar-refractivity contribution in [2.45, 2.75) is 30.0 Å². The van der Waals surface area contributed by atoms with Gasteiger partial charge in [-0.3, -0.25) is 9.69 Å². The molecule has 0 aromatic heterocycles. The standard InChI is InChI=1S/C24H24F3N3O5S/c1-30-21(31)23(29-22(30)28,18-9-5-11-20(14-18)35-36(32,33)24(25,26)27)17-8-3-6-15(12-17)16-7-4-10-19(13-16)34-2/h3-11,14,17,19H,12-13H2,1-2H3,(H2,28,29). The Morgan fingerprint density at radius 3 is 2.42 bits per heavy atom. The molecule has 0 saturated carbocycles. The number of methoxy groups -OCH3 is 1. The number of halogens is 3. The molecule has 3 atom stereocenters. The zero-order valence-electron chi connectivity index (χ0n) is 19.4. The van der Waals surface area contributed by atoms with Gasteiger partial charge in [-0.25, -0.2) is 4.99 Å².